The summed E-state index contributed by atoms with van der Waals surface area (Å²) < 4.78 is 31.7. The molecular formula is C15H10F2O3. The first-order chi connectivity index (χ1) is 9.54. The molecule has 2 rings (SSSR count). The summed E-state index contributed by atoms with van der Waals surface area (Å²) in [4.78, 5) is 10.5. The van der Waals surface area contributed by atoms with Crippen LogP contribution < -0.4 is 4.74 Å². The number of halogens is 2. The van der Waals surface area contributed by atoms with Crippen molar-refractivity contribution in [3.63, 3.8) is 0 Å². The largest absolute Gasteiger partial charge is 0.478 e. The predicted molar refractivity (Wildman–Crippen MR) is 69.5 cm³/mol. The third-order valence-corrected chi connectivity index (χ3v) is 2.40. The van der Waals surface area contributed by atoms with Crippen LogP contribution in [0.5, 0.6) is 11.5 Å². The lowest BCUT2D eigenvalue weighted by molar-refractivity contribution is -0.131. The molecule has 0 aliphatic heterocycles. The van der Waals surface area contributed by atoms with E-state index in [0.29, 0.717) is 0 Å². The van der Waals surface area contributed by atoms with Crippen molar-refractivity contribution >= 4 is 12.0 Å². The normalized spacial score (nSPS) is 10.7. The van der Waals surface area contributed by atoms with E-state index in [-0.39, 0.29) is 17.1 Å². The number of hydrogen-bond donors (Lipinski definition) is 1. The van der Waals surface area contributed by atoms with E-state index >= 15 is 0 Å². The lowest BCUT2D eigenvalue weighted by Crippen LogP contribution is -1.91. The third kappa shape index (κ3) is 3.65. The Labute approximate surface area is 113 Å². The highest BCUT2D eigenvalue weighted by Gasteiger charge is 2.06. The maximum atomic E-state index is 13.2. The number of carboxylic acid groups (broad SMARTS) is 1. The molecule has 20 heavy (non-hydrogen) atoms. The van der Waals surface area contributed by atoms with Gasteiger partial charge in [0.05, 0.1) is 0 Å². The molecule has 0 bridgehead atoms. The van der Waals surface area contributed by atoms with E-state index in [1.807, 2.05) is 0 Å². The number of carbonyl (C=O) groups is 1. The Kier molecular flexibility index (Phi) is 4.10. The van der Waals surface area contributed by atoms with Crippen molar-refractivity contribution in [1.82, 2.24) is 0 Å². The summed E-state index contributed by atoms with van der Waals surface area (Å²) in [5.41, 5.74) is 0.247. The van der Waals surface area contributed by atoms with Crippen LogP contribution in [0.15, 0.2) is 48.5 Å². The van der Waals surface area contributed by atoms with E-state index in [2.05, 4.69) is 0 Å². The van der Waals surface area contributed by atoms with Gasteiger partial charge in [-0.15, -0.1) is 0 Å². The molecule has 2 aromatic carbocycles. The van der Waals surface area contributed by atoms with Crippen molar-refractivity contribution in [2.24, 2.45) is 0 Å². The molecule has 0 fully saturated rings. The zero-order chi connectivity index (χ0) is 14.5. The van der Waals surface area contributed by atoms with Gasteiger partial charge in [-0.2, -0.15) is 0 Å². The molecule has 0 saturated heterocycles. The Balaban J connectivity index is 2.33. The van der Waals surface area contributed by atoms with Crippen LogP contribution in [-0.2, 0) is 4.79 Å². The molecule has 2 aromatic rings. The molecular weight excluding hydrogens is 266 g/mol. The minimum atomic E-state index is -1.16. The van der Waals surface area contributed by atoms with Crippen molar-refractivity contribution in [3.8, 4) is 11.5 Å². The molecule has 1 N–H and O–H groups in total. The molecule has 0 atom stereocenters. The van der Waals surface area contributed by atoms with Gasteiger partial charge in [-0.1, -0.05) is 6.07 Å². The van der Waals surface area contributed by atoms with Crippen LogP contribution in [0.2, 0.25) is 0 Å². The molecule has 0 unspecified atom stereocenters. The molecule has 5 heteroatoms. The molecule has 102 valence electrons. The van der Waals surface area contributed by atoms with E-state index in [1.165, 1.54) is 42.5 Å². The fourth-order valence-electron chi connectivity index (χ4n) is 1.56. The van der Waals surface area contributed by atoms with Crippen molar-refractivity contribution in [2.45, 2.75) is 0 Å². The van der Waals surface area contributed by atoms with Crippen LogP contribution in [0.1, 0.15) is 5.56 Å². The van der Waals surface area contributed by atoms with Crippen LogP contribution >= 0.6 is 0 Å². The van der Waals surface area contributed by atoms with Crippen LogP contribution in [0.25, 0.3) is 6.08 Å². The molecule has 0 aromatic heterocycles. The second kappa shape index (κ2) is 5.97. The average molecular weight is 276 g/mol. The summed E-state index contributed by atoms with van der Waals surface area (Å²) in [7, 11) is 0. The van der Waals surface area contributed by atoms with Crippen molar-refractivity contribution in [3.05, 3.63) is 65.7 Å². The van der Waals surface area contributed by atoms with Crippen LogP contribution in [0.4, 0.5) is 8.78 Å². The lowest BCUT2D eigenvalue weighted by atomic mass is 10.2. The van der Waals surface area contributed by atoms with Gasteiger partial charge in [0.15, 0.2) is 0 Å². The monoisotopic (exact) mass is 276 g/mol. The van der Waals surface area contributed by atoms with Crippen LogP contribution in [0, 0.1) is 11.6 Å². The second-order valence-electron chi connectivity index (χ2n) is 3.91. The van der Waals surface area contributed by atoms with Gasteiger partial charge in [0.1, 0.15) is 23.1 Å². The zero-order valence-electron chi connectivity index (χ0n) is 10.2. The first-order valence-electron chi connectivity index (χ1n) is 5.68. The lowest BCUT2D eigenvalue weighted by Gasteiger charge is -2.09. The predicted octanol–water partition coefficient (Wildman–Crippen LogP) is 3.85. The van der Waals surface area contributed by atoms with Crippen molar-refractivity contribution in [2.75, 3.05) is 0 Å². The minimum Gasteiger partial charge on any atom is -0.478 e. The molecule has 0 saturated carbocycles. The topological polar surface area (TPSA) is 46.5 Å². The highest BCUT2D eigenvalue weighted by atomic mass is 19.1. The fourth-order valence-corrected chi connectivity index (χ4v) is 1.56. The minimum absolute atomic E-state index is 0.231. The molecule has 0 radical (unpaired) electrons. The SMILES string of the molecule is O=C(O)C=Cc1cc(F)ccc1Oc1cccc(F)c1. The number of hydrogen-bond acceptors (Lipinski definition) is 2. The maximum Gasteiger partial charge on any atom is 0.328 e. The van der Waals surface area contributed by atoms with Crippen molar-refractivity contribution in [1.29, 1.82) is 0 Å². The number of benzene rings is 2. The molecule has 0 aliphatic rings. The van der Waals surface area contributed by atoms with Gasteiger partial charge in [0.2, 0.25) is 0 Å². The Morgan fingerprint density at radius 2 is 1.85 bits per heavy atom. The second-order valence-corrected chi connectivity index (χ2v) is 3.91. The standard InChI is InChI=1S/C15H10F2O3/c16-11-2-1-3-13(9-11)20-14-6-5-12(17)8-10(14)4-7-15(18)19/h1-9H,(H,18,19). The fraction of sp³-hybridized carbons (Fsp3) is 0. The van der Waals surface area contributed by atoms with Gasteiger partial charge in [-0.3, -0.25) is 0 Å². The van der Waals surface area contributed by atoms with Crippen molar-refractivity contribution < 1.29 is 23.4 Å². The Hall–Kier alpha value is -2.69. The third-order valence-electron chi connectivity index (χ3n) is 2.40. The Morgan fingerprint density at radius 3 is 2.55 bits per heavy atom. The van der Waals surface area contributed by atoms with E-state index in [4.69, 9.17) is 9.84 Å². The first kappa shape index (κ1) is 13.7. The molecule has 0 amide bonds. The smallest absolute Gasteiger partial charge is 0.328 e. The summed E-state index contributed by atoms with van der Waals surface area (Å²) in [6.45, 7) is 0. The maximum absolute atomic E-state index is 13.2. The molecule has 0 aliphatic carbocycles. The van der Waals surface area contributed by atoms with Gasteiger partial charge < -0.3 is 9.84 Å². The van der Waals surface area contributed by atoms with E-state index in [1.54, 1.807) is 0 Å². The number of rotatable bonds is 4. The first-order valence-corrected chi connectivity index (χ1v) is 5.68. The summed E-state index contributed by atoms with van der Waals surface area (Å²) >= 11 is 0. The molecule has 0 heterocycles. The molecule has 3 nitrogen and oxygen atoms in total. The van der Waals surface area contributed by atoms with Gasteiger partial charge >= 0.3 is 5.97 Å². The van der Waals surface area contributed by atoms with E-state index in [0.717, 1.165) is 12.1 Å². The van der Waals surface area contributed by atoms with Gasteiger partial charge in [0.25, 0.3) is 0 Å². The number of aliphatic carboxylic acids is 1. The van der Waals surface area contributed by atoms with E-state index in [9.17, 15) is 13.6 Å². The highest BCUT2D eigenvalue weighted by Crippen LogP contribution is 2.27. The Bertz CT molecular complexity index is 666. The average Bonchev–Trinajstić information content (AvgIpc) is 2.39. The van der Waals surface area contributed by atoms with Crippen LogP contribution in [-0.4, -0.2) is 11.1 Å². The van der Waals surface area contributed by atoms with Crippen LogP contribution in [0.3, 0.4) is 0 Å². The number of ether oxygens (including phenoxy) is 1. The summed E-state index contributed by atoms with van der Waals surface area (Å²) in [6.07, 6.45) is 2.08. The highest BCUT2D eigenvalue weighted by molar-refractivity contribution is 5.85. The van der Waals surface area contributed by atoms with Gasteiger partial charge in [0, 0.05) is 17.7 Å². The summed E-state index contributed by atoms with van der Waals surface area (Å²) in [6, 6.07) is 9.11. The molecule has 0 spiro atoms. The quantitative estimate of drug-likeness (QED) is 0.863. The number of carboxylic acids is 1. The van der Waals surface area contributed by atoms with Gasteiger partial charge in [-0.05, 0) is 36.4 Å². The summed E-state index contributed by atoms with van der Waals surface area (Å²) in [5.74, 6) is -1.68. The Morgan fingerprint density at radius 1 is 1.10 bits per heavy atom. The summed E-state index contributed by atoms with van der Waals surface area (Å²) in [5, 5.41) is 8.59. The van der Waals surface area contributed by atoms with E-state index < -0.39 is 17.6 Å². The van der Waals surface area contributed by atoms with Gasteiger partial charge in [-0.25, -0.2) is 13.6 Å². The zero-order valence-corrected chi connectivity index (χ0v) is 10.2.